The summed E-state index contributed by atoms with van der Waals surface area (Å²) in [6.07, 6.45) is 1.18. The molecule has 0 aliphatic carbocycles. The summed E-state index contributed by atoms with van der Waals surface area (Å²) in [5.41, 5.74) is 20.6. The Morgan fingerprint density at radius 2 is 1.25 bits per heavy atom. The summed E-state index contributed by atoms with van der Waals surface area (Å²) in [4.78, 5) is 78.8. The van der Waals surface area contributed by atoms with Gasteiger partial charge in [0.2, 0.25) is 0 Å². The Balaban J connectivity index is 0.000000170. The molecule has 7 N–H and O–H groups in total. The lowest BCUT2D eigenvalue weighted by Crippen LogP contribution is -2.17. The number of nitrogens with one attached hydrogen (secondary N) is 2. The Labute approximate surface area is 472 Å². The van der Waals surface area contributed by atoms with Gasteiger partial charge < -0.3 is 26.9 Å². The molecular weight excluding hydrogens is 1070 g/mol. The number of carbonyl (C=O) groups is 4. The van der Waals surface area contributed by atoms with E-state index in [1.807, 2.05) is 135 Å². The van der Waals surface area contributed by atoms with Crippen molar-refractivity contribution in [1.82, 2.24) is 9.97 Å². The molecule has 10 rings (SSSR count). The van der Waals surface area contributed by atoms with Gasteiger partial charge in [0.25, 0.3) is 23.2 Å². The first-order valence-electron chi connectivity index (χ1n) is 24.9. The van der Waals surface area contributed by atoms with Gasteiger partial charge in [0.15, 0.2) is 11.6 Å². The fourth-order valence-corrected chi connectivity index (χ4v) is 10.3. The van der Waals surface area contributed by atoms with E-state index in [4.69, 9.17) is 16.5 Å². The van der Waals surface area contributed by atoms with Gasteiger partial charge in [-0.25, -0.2) is 4.98 Å². The summed E-state index contributed by atoms with van der Waals surface area (Å²) in [6, 6.07) is 50.7. The van der Waals surface area contributed by atoms with Gasteiger partial charge in [0, 0.05) is 62.9 Å². The number of imidazole rings is 1. The molecule has 1 aliphatic rings. The molecule has 0 atom stereocenters. The van der Waals surface area contributed by atoms with Crippen LogP contribution in [0.25, 0.3) is 33.9 Å². The second-order valence-corrected chi connectivity index (χ2v) is 20.5. The molecule has 0 fully saturated rings. The van der Waals surface area contributed by atoms with Gasteiger partial charge in [-0.15, -0.1) is 33.3 Å². The second-order valence-electron chi connectivity index (χ2n) is 18.4. The number of hydrogen-bond donors (Lipinski definition) is 5. The first-order chi connectivity index (χ1) is 38.9. The SMILES string of the molecule is Cc1c(Cc2ccccc2)sc(NC(=O)c2ccc([N+](=O)[O-])cc2)c1C(N)=O.Cc1ccc(C(=O)CSC2=NN=C(N)C2)cc1.Cc1ccc(C(=O)c2ccc(-c3[nH]c(-c4ccc([N+](=O)[O-])cc4O)nc3-c3ccccc3)cc2)cc1. The Morgan fingerprint density at radius 1 is 0.691 bits per heavy atom. The summed E-state index contributed by atoms with van der Waals surface area (Å²) >= 11 is 2.70. The van der Waals surface area contributed by atoms with E-state index in [2.05, 4.69) is 20.5 Å². The zero-order valence-corrected chi connectivity index (χ0v) is 45.4. The molecule has 0 bridgehead atoms. The van der Waals surface area contributed by atoms with Gasteiger partial charge in [-0.1, -0.05) is 145 Å². The Morgan fingerprint density at radius 3 is 1.80 bits per heavy atom. The molecule has 2 amide bonds. The molecule has 406 valence electrons. The largest absolute Gasteiger partial charge is 0.507 e. The number of carbonyl (C=O) groups excluding carboxylic acids is 4. The Kier molecular flexibility index (Phi) is 18.3. The van der Waals surface area contributed by atoms with E-state index in [-0.39, 0.29) is 39.8 Å². The number of H-pyrrole nitrogens is 1. The van der Waals surface area contributed by atoms with E-state index in [0.29, 0.717) is 63.3 Å². The fourth-order valence-electron chi connectivity index (χ4n) is 8.21. The highest BCUT2D eigenvalue weighted by Gasteiger charge is 2.23. The zero-order valence-electron chi connectivity index (χ0n) is 43.8. The van der Waals surface area contributed by atoms with Gasteiger partial charge in [0.1, 0.15) is 27.5 Å². The number of benzene rings is 7. The predicted octanol–water partition coefficient (Wildman–Crippen LogP) is 12.5. The number of nitrogens with zero attached hydrogens (tertiary/aromatic N) is 5. The molecule has 0 unspecified atom stereocenters. The van der Waals surface area contributed by atoms with Crippen molar-refractivity contribution in [2.75, 3.05) is 11.1 Å². The lowest BCUT2D eigenvalue weighted by molar-refractivity contribution is -0.385. The normalized spacial score (nSPS) is 11.4. The number of hydrogen-bond acceptors (Lipinski definition) is 15. The topological polar surface area (TPSA) is 292 Å². The van der Waals surface area contributed by atoms with Crippen LogP contribution in [0.5, 0.6) is 5.75 Å². The van der Waals surface area contributed by atoms with Gasteiger partial charge in [-0.3, -0.25) is 39.4 Å². The number of non-ortho nitro benzene ring substituents is 2. The van der Waals surface area contributed by atoms with Crippen molar-refractivity contribution < 1.29 is 34.1 Å². The van der Waals surface area contributed by atoms with Crippen LogP contribution >= 0.6 is 23.1 Å². The Bertz CT molecular complexity index is 3860. The molecule has 0 saturated carbocycles. The lowest BCUT2D eigenvalue weighted by atomic mass is 9.99. The van der Waals surface area contributed by atoms with Crippen LogP contribution in [0.1, 0.15) is 80.5 Å². The summed E-state index contributed by atoms with van der Waals surface area (Å²) in [7, 11) is 0. The molecule has 1 aliphatic heterocycles. The third kappa shape index (κ3) is 14.5. The molecule has 2 aromatic heterocycles. The van der Waals surface area contributed by atoms with Crippen molar-refractivity contribution >= 4 is 73.7 Å². The molecule has 18 nitrogen and oxygen atoms in total. The number of thioether (sulfide) groups is 1. The average Bonchev–Trinajstić information content (AvgIpc) is 4.32. The van der Waals surface area contributed by atoms with Gasteiger partial charge in [0.05, 0.1) is 50.6 Å². The van der Waals surface area contributed by atoms with E-state index >= 15 is 0 Å². The number of primary amides is 1. The Hall–Kier alpha value is -10.2. The van der Waals surface area contributed by atoms with E-state index in [0.717, 1.165) is 54.9 Å². The molecule has 0 spiro atoms. The maximum absolute atomic E-state index is 12.9. The number of nitro benzene ring substituents is 2. The van der Waals surface area contributed by atoms with Crippen molar-refractivity contribution in [3.8, 4) is 39.7 Å². The molecule has 0 saturated heterocycles. The second kappa shape index (κ2) is 26.0. The molecular formula is C61H51N9O9S2. The van der Waals surface area contributed by atoms with Crippen molar-refractivity contribution in [3.05, 3.63) is 251 Å². The number of aromatic nitrogens is 2. The van der Waals surface area contributed by atoms with Crippen LogP contribution in [0.3, 0.4) is 0 Å². The number of phenols is 1. The number of anilines is 1. The number of amides is 2. The molecule has 3 heterocycles. The smallest absolute Gasteiger partial charge is 0.273 e. The maximum atomic E-state index is 12.9. The minimum absolute atomic E-state index is 0.0639. The summed E-state index contributed by atoms with van der Waals surface area (Å²) in [6.45, 7) is 5.77. The van der Waals surface area contributed by atoms with Crippen LogP contribution in [0.15, 0.2) is 186 Å². The highest BCUT2D eigenvalue weighted by molar-refractivity contribution is 8.14. The van der Waals surface area contributed by atoms with E-state index in [1.54, 1.807) is 19.1 Å². The summed E-state index contributed by atoms with van der Waals surface area (Å²) in [5.74, 6) is -0.0365. The first kappa shape index (κ1) is 57.0. The predicted molar refractivity (Wildman–Crippen MR) is 317 cm³/mol. The summed E-state index contributed by atoms with van der Waals surface area (Å²) in [5, 5.41) is 43.8. The highest BCUT2D eigenvalue weighted by atomic mass is 32.2. The summed E-state index contributed by atoms with van der Waals surface area (Å²) < 4.78 is 0. The van der Waals surface area contributed by atoms with Crippen LogP contribution in [0.4, 0.5) is 16.4 Å². The van der Waals surface area contributed by atoms with Crippen molar-refractivity contribution in [2.45, 2.75) is 33.6 Å². The monoisotopic (exact) mass is 1120 g/mol. The number of aromatic hydroxyl groups is 1. The molecule has 7 aromatic carbocycles. The number of aromatic amines is 1. The zero-order chi connectivity index (χ0) is 57.7. The standard InChI is InChI=1S/C29H21N3O4.C20H17N3O4S.C12H13N3OS/c1-18-7-9-21(10-8-18)28(34)22-13-11-20(12-14-22)27-26(19-5-3-2-4-6-19)30-29(31-27)24-16-15-23(32(35)36)17-25(24)33;1-12-16(11-13-5-3-2-4-6-13)28-20(17(12)18(21)24)22-19(25)14-7-9-15(10-8-14)23(26)27;1-8-2-4-9(5-3-8)10(16)7-17-12-6-11(13)14-15-12/h2-17,33H,1H3,(H,30,31);2-10H,11H2,1H3,(H2,21,24)(H,22,25);2-5H,6-7H2,1H3,(H2,13,14). The van der Waals surface area contributed by atoms with Gasteiger partial charge >= 0.3 is 0 Å². The average molecular weight is 1120 g/mol. The number of Topliss-reactive ketones (excluding diaryl/α,β-unsaturated/α-hetero) is 1. The number of aryl methyl sites for hydroxylation is 2. The molecule has 81 heavy (non-hydrogen) atoms. The minimum Gasteiger partial charge on any atom is -0.507 e. The van der Waals surface area contributed by atoms with E-state index in [1.165, 1.54) is 59.5 Å². The molecule has 9 aromatic rings. The fraction of sp³-hybridized carbons (Fsp3) is 0.0984. The highest BCUT2D eigenvalue weighted by Crippen LogP contribution is 2.38. The third-order valence-corrected chi connectivity index (χ3v) is 14.8. The van der Waals surface area contributed by atoms with E-state index < -0.39 is 21.7 Å². The van der Waals surface area contributed by atoms with Crippen LogP contribution in [0, 0.1) is 41.0 Å². The lowest BCUT2D eigenvalue weighted by Gasteiger charge is -2.06. The third-order valence-electron chi connectivity index (χ3n) is 12.6. The number of nitrogens with two attached hydrogens (primary N) is 2. The number of thiophene rings is 1. The number of ketones is 2. The van der Waals surface area contributed by atoms with Crippen LogP contribution in [0.2, 0.25) is 0 Å². The van der Waals surface area contributed by atoms with Crippen LogP contribution < -0.4 is 16.8 Å². The van der Waals surface area contributed by atoms with Crippen LogP contribution in [-0.4, -0.2) is 64.9 Å². The van der Waals surface area contributed by atoms with Gasteiger partial charge in [-0.2, -0.15) is 0 Å². The quantitative estimate of drug-likeness (QED) is 0.0364. The van der Waals surface area contributed by atoms with E-state index in [9.17, 15) is 44.5 Å². The number of nitro groups is 2. The van der Waals surface area contributed by atoms with Crippen molar-refractivity contribution in [1.29, 1.82) is 0 Å². The molecule has 0 radical (unpaired) electrons. The van der Waals surface area contributed by atoms with Crippen LogP contribution in [-0.2, 0) is 6.42 Å². The minimum atomic E-state index is -0.618. The number of amidine groups is 1. The first-order valence-corrected chi connectivity index (χ1v) is 26.7. The van der Waals surface area contributed by atoms with Gasteiger partial charge in [-0.05, 0) is 50.1 Å². The maximum Gasteiger partial charge on any atom is 0.273 e. The molecule has 20 heteroatoms. The number of rotatable bonds is 15. The van der Waals surface area contributed by atoms with Crippen molar-refractivity contribution in [3.63, 3.8) is 0 Å². The van der Waals surface area contributed by atoms with Crippen molar-refractivity contribution in [2.24, 2.45) is 21.7 Å². The number of phenolic OH excluding ortho intramolecular Hbond substituents is 1.